The van der Waals surface area contributed by atoms with Gasteiger partial charge >= 0.3 is 0 Å². The van der Waals surface area contributed by atoms with Crippen LogP contribution in [0.5, 0.6) is 5.75 Å². The van der Waals surface area contributed by atoms with Gasteiger partial charge in [0.2, 0.25) is 0 Å². The number of methoxy groups -OCH3 is 1. The lowest BCUT2D eigenvalue weighted by molar-refractivity contribution is 0.414. The van der Waals surface area contributed by atoms with E-state index in [0.717, 1.165) is 44.2 Å². The molecule has 2 N–H and O–H groups in total. The lowest BCUT2D eigenvalue weighted by Gasteiger charge is -2.22. The molecule has 0 radical (unpaired) electrons. The minimum absolute atomic E-state index is 0.540. The van der Waals surface area contributed by atoms with Gasteiger partial charge in [-0.05, 0) is 42.2 Å². The average Bonchev–Trinajstić information content (AvgIpc) is 3.39. The third-order valence-corrected chi connectivity index (χ3v) is 5.64. The Labute approximate surface area is 166 Å². The van der Waals surface area contributed by atoms with E-state index in [0.29, 0.717) is 5.92 Å². The second-order valence-corrected chi connectivity index (χ2v) is 7.29. The number of ether oxygens (including phenoxy) is 1. The quantitative estimate of drug-likeness (QED) is 0.526. The Bertz CT molecular complexity index is 945. The zero-order chi connectivity index (χ0) is 19.3. The van der Waals surface area contributed by atoms with Crippen molar-refractivity contribution in [3.05, 3.63) is 65.9 Å². The number of fused-ring (bicyclic) bond motifs is 1. The number of aromatic nitrogens is 1. The molecule has 0 aliphatic carbocycles. The van der Waals surface area contributed by atoms with Crippen LogP contribution in [0.4, 0.5) is 0 Å². The molecular weight excluding hydrogens is 348 g/mol. The van der Waals surface area contributed by atoms with Crippen LogP contribution >= 0.6 is 0 Å². The minimum atomic E-state index is 0.540. The number of para-hydroxylation sites is 1. The third kappa shape index (κ3) is 3.84. The molecule has 1 aliphatic rings. The van der Waals surface area contributed by atoms with E-state index in [1.165, 1.54) is 22.0 Å². The van der Waals surface area contributed by atoms with E-state index < -0.39 is 0 Å². The van der Waals surface area contributed by atoms with Gasteiger partial charge in [-0.25, -0.2) is 0 Å². The number of likely N-dealkylation sites (tertiary alicyclic amines) is 1. The fraction of sp³-hybridized carbons (Fsp3) is 0.348. The van der Waals surface area contributed by atoms with Gasteiger partial charge in [0.15, 0.2) is 5.96 Å². The summed E-state index contributed by atoms with van der Waals surface area (Å²) in [5.74, 6) is 2.45. The molecule has 0 spiro atoms. The Morgan fingerprint density at radius 3 is 2.82 bits per heavy atom. The first-order valence-corrected chi connectivity index (χ1v) is 9.93. The van der Waals surface area contributed by atoms with Crippen molar-refractivity contribution in [2.75, 3.05) is 33.8 Å². The summed E-state index contributed by atoms with van der Waals surface area (Å²) in [6, 6.07) is 16.9. The van der Waals surface area contributed by atoms with Gasteiger partial charge in [0, 0.05) is 49.7 Å². The summed E-state index contributed by atoms with van der Waals surface area (Å²) in [7, 11) is 3.58. The smallest absolute Gasteiger partial charge is 0.193 e. The molecule has 1 fully saturated rings. The predicted molar refractivity (Wildman–Crippen MR) is 115 cm³/mol. The summed E-state index contributed by atoms with van der Waals surface area (Å²) >= 11 is 0. The number of aromatic amines is 1. The van der Waals surface area contributed by atoms with Crippen molar-refractivity contribution < 1.29 is 4.74 Å². The Balaban J connectivity index is 1.33. The van der Waals surface area contributed by atoms with Crippen LogP contribution < -0.4 is 10.1 Å². The molecule has 0 bridgehead atoms. The second kappa shape index (κ2) is 8.38. The summed E-state index contributed by atoms with van der Waals surface area (Å²) in [6.45, 7) is 2.90. The van der Waals surface area contributed by atoms with Crippen LogP contribution in [-0.4, -0.2) is 49.6 Å². The lowest BCUT2D eigenvalue weighted by Crippen LogP contribution is -2.40. The fourth-order valence-electron chi connectivity index (χ4n) is 4.08. The summed E-state index contributed by atoms with van der Waals surface area (Å²) in [5, 5.41) is 4.85. The first-order chi connectivity index (χ1) is 13.8. The van der Waals surface area contributed by atoms with E-state index in [-0.39, 0.29) is 0 Å². The van der Waals surface area contributed by atoms with E-state index in [9.17, 15) is 0 Å². The molecule has 1 aromatic heterocycles. The normalized spacial score (nSPS) is 17.3. The molecule has 1 unspecified atom stereocenters. The summed E-state index contributed by atoms with van der Waals surface area (Å²) < 4.78 is 5.27. The maximum absolute atomic E-state index is 5.27. The van der Waals surface area contributed by atoms with E-state index >= 15 is 0 Å². The highest BCUT2D eigenvalue weighted by molar-refractivity contribution is 5.83. The first-order valence-electron chi connectivity index (χ1n) is 9.93. The Hall–Kier alpha value is -2.95. The van der Waals surface area contributed by atoms with Crippen molar-refractivity contribution in [3.8, 4) is 5.75 Å². The van der Waals surface area contributed by atoms with Crippen molar-refractivity contribution in [1.82, 2.24) is 15.2 Å². The maximum Gasteiger partial charge on any atom is 0.193 e. The van der Waals surface area contributed by atoms with Gasteiger partial charge < -0.3 is 19.9 Å². The summed E-state index contributed by atoms with van der Waals surface area (Å²) in [4.78, 5) is 10.2. The average molecular weight is 377 g/mol. The van der Waals surface area contributed by atoms with Gasteiger partial charge in [-0.3, -0.25) is 4.99 Å². The number of H-pyrrole nitrogens is 1. The van der Waals surface area contributed by atoms with Crippen LogP contribution in [0.3, 0.4) is 0 Å². The second-order valence-electron chi connectivity index (χ2n) is 7.29. The zero-order valence-electron chi connectivity index (χ0n) is 16.6. The Morgan fingerprint density at radius 1 is 1.21 bits per heavy atom. The fourth-order valence-corrected chi connectivity index (χ4v) is 4.08. The molecular formula is C23H28N4O. The highest BCUT2D eigenvalue weighted by Gasteiger charge is 2.26. The molecule has 1 atom stereocenters. The van der Waals surface area contributed by atoms with Crippen LogP contribution in [-0.2, 0) is 6.42 Å². The number of nitrogens with one attached hydrogen (secondary N) is 2. The molecule has 28 heavy (non-hydrogen) atoms. The molecule has 2 aromatic carbocycles. The topological polar surface area (TPSA) is 52.7 Å². The Kier molecular flexibility index (Phi) is 5.51. The van der Waals surface area contributed by atoms with Crippen LogP contribution in [0, 0.1) is 0 Å². The van der Waals surface area contributed by atoms with Crippen LogP contribution in [0.15, 0.2) is 59.7 Å². The van der Waals surface area contributed by atoms with Crippen molar-refractivity contribution in [1.29, 1.82) is 0 Å². The molecule has 2 heterocycles. The molecule has 1 aliphatic heterocycles. The molecule has 0 saturated carbocycles. The van der Waals surface area contributed by atoms with Crippen molar-refractivity contribution in [2.24, 2.45) is 4.99 Å². The summed E-state index contributed by atoms with van der Waals surface area (Å²) in [5.41, 5.74) is 3.91. The van der Waals surface area contributed by atoms with Crippen LogP contribution in [0.1, 0.15) is 23.5 Å². The van der Waals surface area contributed by atoms with Gasteiger partial charge in [0.25, 0.3) is 0 Å². The number of rotatable bonds is 5. The molecule has 1 saturated heterocycles. The number of guanidine groups is 1. The monoisotopic (exact) mass is 376 g/mol. The molecule has 4 rings (SSSR count). The largest absolute Gasteiger partial charge is 0.497 e. The molecule has 146 valence electrons. The van der Waals surface area contributed by atoms with Gasteiger partial charge in [-0.2, -0.15) is 0 Å². The SMILES string of the molecule is CN=C(NCCc1c[nH]c2ccccc12)N1CCC(c2ccc(OC)cc2)C1. The highest BCUT2D eigenvalue weighted by atomic mass is 16.5. The van der Waals surface area contributed by atoms with Crippen LogP contribution in [0.2, 0.25) is 0 Å². The van der Waals surface area contributed by atoms with E-state index in [1.54, 1.807) is 7.11 Å². The molecule has 0 amide bonds. The number of hydrogen-bond donors (Lipinski definition) is 2. The highest BCUT2D eigenvalue weighted by Crippen LogP contribution is 2.28. The Morgan fingerprint density at radius 2 is 2.04 bits per heavy atom. The molecule has 5 heteroatoms. The zero-order valence-corrected chi connectivity index (χ0v) is 16.6. The predicted octanol–water partition coefficient (Wildman–Crippen LogP) is 3.78. The van der Waals surface area contributed by atoms with E-state index in [2.05, 4.69) is 62.8 Å². The van der Waals surface area contributed by atoms with Crippen molar-refractivity contribution in [3.63, 3.8) is 0 Å². The van der Waals surface area contributed by atoms with E-state index in [1.807, 2.05) is 19.2 Å². The standard InChI is InChI=1S/C23H28N4O/c1-24-23(25-13-11-18-15-26-22-6-4-3-5-21(18)22)27-14-12-19(16-27)17-7-9-20(28-2)10-8-17/h3-10,15,19,26H,11-14,16H2,1-2H3,(H,24,25). The van der Waals surface area contributed by atoms with Crippen molar-refractivity contribution in [2.45, 2.75) is 18.8 Å². The van der Waals surface area contributed by atoms with Gasteiger partial charge in [0.1, 0.15) is 5.75 Å². The number of benzene rings is 2. The lowest BCUT2D eigenvalue weighted by atomic mass is 9.98. The van der Waals surface area contributed by atoms with Gasteiger partial charge in [-0.15, -0.1) is 0 Å². The number of hydrogen-bond acceptors (Lipinski definition) is 2. The van der Waals surface area contributed by atoms with Crippen molar-refractivity contribution >= 4 is 16.9 Å². The molecule has 3 aromatic rings. The number of nitrogens with zero attached hydrogens (tertiary/aromatic N) is 2. The van der Waals surface area contributed by atoms with Gasteiger partial charge in [-0.1, -0.05) is 30.3 Å². The summed E-state index contributed by atoms with van der Waals surface area (Å²) in [6.07, 6.45) is 4.24. The first kappa shape index (κ1) is 18.4. The molecule has 5 nitrogen and oxygen atoms in total. The van der Waals surface area contributed by atoms with Gasteiger partial charge in [0.05, 0.1) is 7.11 Å². The third-order valence-electron chi connectivity index (χ3n) is 5.64. The van der Waals surface area contributed by atoms with E-state index in [4.69, 9.17) is 4.74 Å². The minimum Gasteiger partial charge on any atom is -0.497 e. The van der Waals surface area contributed by atoms with Crippen LogP contribution in [0.25, 0.3) is 10.9 Å². The number of aliphatic imine (C=N–C) groups is 1. The maximum atomic E-state index is 5.27.